The van der Waals surface area contributed by atoms with Crippen LogP contribution in [0.4, 0.5) is 0 Å². The summed E-state index contributed by atoms with van der Waals surface area (Å²) in [5.41, 5.74) is 1.66. The molecule has 130 valence electrons. The maximum atomic E-state index is 12.4. The van der Waals surface area contributed by atoms with E-state index in [0.717, 1.165) is 36.2 Å². The van der Waals surface area contributed by atoms with E-state index < -0.39 is 0 Å². The fourth-order valence-corrected chi connectivity index (χ4v) is 3.58. The van der Waals surface area contributed by atoms with Gasteiger partial charge in [0.1, 0.15) is 5.82 Å². The van der Waals surface area contributed by atoms with Gasteiger partial charge in [0, 0.05) is 51.4 Å². The van der Waals surface area contributed by atoms with Gasteiger partial charge < -0.3 is 9.88 Å². The molecule has 25 heavy (non-hydrogen) atoms. The number of benzene rings is 1. The molecule has 7 heteroatoms. The van der Waals surface area contributed by atoms with E-state index in [0.29, 0.717) is 13.0 Å². The average molecular weight is 339 g/mol. The summed E-state index contributed by atoms with van der Waals surface area (Å²) in [5.74, 6) is 1.06. The Bertz CT molecular complexity index is 981. The third-order valence-electron chi connectivity index (χ3n) is 4.91. The number of hydrogen-bond donors (Lipinski definition) is 1. The summed E-state index contributed by atoms with van der Waals surface area (Å²) in [6.45, 7) is 1.14. The van der Waals surface area contributed by atoms with Crippen molar-refractivity contribution in [1.82, 2.24) is 24.0 Å². The van der Waals surface area contributed by atoms with E-state index in [1.54, 1.807) is 22.4 Å². The predicted octanol–water partition coefficient (Wildman–Crippen LogP) is 1.06. The van der Waals surface area contributed by atoms with Gasteiger partial charge >= 0.3 is 5.69 Å². The highest BCUT2D eigenvalue weighted by molar-refractivity contribution is 5.78. The van der Waals surface area contributed by atoms with Crippen LogP contribution >= 0.6 is 0 Å². The second kappa shape index (κ2) is 6.23. The smallest absolute Gasteiger partial charge is 0.328 e. The van der Waals surface area contributed by atoms with Gasteiger partial charge in [0.05, 0.1) is 11.0 Å². The molecule has 0 spiro atoms. The Labute approximate surface area is 144 Å². The molecular weight excluding hydrogens is 318 g/mol. The fraction of sp³-hybridized carbons (Fsp3) is 0.389. The number of rotatable bonds is 4. The SMILES string of the molecule is Cn1c(=O)n(CCC(=O)NC2CCc3nccn3C2)c2ccccc21. The van der Waals surface area contributed by atoms with Crippen LogP contribution < -0.4 is 11.0 Å². The number of para-hydroxylation sites is 2. The van der Waals surface area contributed by atoms with Crippen molar-refractivity contribution in [2.45, 2.75) is 38.4 Å². The maximum absolute atomic E-state index is 12.4. The van der Waals surface area contributed by atoms with Gasteiger partial charge in [0.15, 0.2) is 0 Å². The molecule has 3 aromatic rings. The number of carbonyl (C=O) groups excluding carboxylic acids is 1. The fourth-order valence-electron chi connectivity index (χ4n) is 3.58. The molecule has 0 radical (unpaired) electrons. The van der Waals surface area contributed by atoms with Crippen LogP contribution in [0.15, 0.2) is 41.5 Å². The molecule has 0 fully saturated rings. The Morgan fingerprint density at radius 3 is 2.96 bits per heavy atom. The lowest BCUT2D eigenvalue weighted by Gasteiger charge is -2.24. The third kappa shape index (κ3) is 2.86. The number of hydrogen-bond acceptors (Lipinski definition) is 3. The van der Waals surface area contributed by atoms with Crippen molar-refractivity contribution in [2.75, 3.05) is 0 Å². The van der Waals surface area contributed by atoms with Crippen molar-refractivity contribution in [1.29, 1.82) is 0 Å². The van der Waals surface area contributed by atoms with E-state index in [9.17, 15) is 9.59 Å². The monoisotopic (exact) mass is 339 g/mol. The van der Waals surface area contributed by atoms with Crippen molar-refractivity contribution in [3.8, 4) is 0 Å². The van der Waals surface area contributed by atoms with Crippen LogP contribution in [0, 0.1) is 0 Å². The molecule has 1 aromatic carbocycles. The number of amides is 1. The third-order valence-corrected chi connectivity index (χ3v) is 4.91. The number of nitrogens with zero attached hydrogens (tertiary/aromatic N) is 4. The van der Waals surface area contributed by atoms with Crippen LogP contribution in [0.25, 0.3) is 11.0 Å². The molecule has 7 nitrogen and oxygen atoms in total. The summed E-state index contributed by atoms with van der Waals surface area (Å²) in [7, 11) is 1.76. The van der Waals surface area contributed by atoms with E-state index in [1.807, 2.05) is 30.5 Å². The minimum atomic E-state index is -0.0882. The lowest BCUT2D eigenvalue weighted by Crippen LogP contribution is -2.41. The van der Waals surface area contributed by atoms with Gasteiger partial charge in [-0.3, -0.25) is 13.9 Å². The van der Waals surface area contributed by atoms with Crippen LogP contribution in [0.3, 0.4) is 0 Å². The minimum absolute atomic E-state index is 0.0200. The van der Waals surface area contributed by atoms with Gasteiger partial charge in [-0.05, 0) is 18.6 Å². The number of nitrogens with one attached hydrogen (secondary N) is 1. The number of carbonyl (C=O) groups is 1. The molecule has 0 aliphatic carbocycles. The second-order valence-electron chi connectivity index (χ2n) is 6.53. The summed E-state index contributed by atoms with van der Waals surface area (Å²) in [6, 6.07) is 7.77. The Hall–Kier alpha value is -2.83. The highest BCUT2D eigenvalue weighted by atomic mass is 16.2. The maximum Gasteiger partial charge on any atom is 0.328 e. The van der Waals surface area contributed by atoms with Crippen molar-refractivity contribution < 1.29 is 4.79 Å². The first kappa shape index (κ1) is 15.7. The van der Waals surface area contributed by atoms with Gasteiger partial charge in [-0.15, -0.1) is 0 Å². The van der Waals surface area contributed by atoms with E-state index in [2.05, 4.69) is 14.9 Å². The zero-order valence-corrected chi connectivity index (χ0v) is 14.2. The Kier molecular flexibility index (Phi) is 3.91. The molecule has 1 aliphatic heterocycles. The molecule has 1 aliphatic rings. The molecule has 1 amide bonds. The van der Waals surface area contributed by atoms with Gasteiger partial charge in [-0.2, -0.15) is 0 Å². The van der Waals surface area contributed by atoms with E-state index in [1.165, 1.54) is 0 Å². The Morgan fingerprint density at radius 2 is 2.12 bits per heavy atom. The molecule has 0 saturated heterocycles. The Balaban J connectivity index is 1.42. The first-order chi connectivity index (χ1) is 12.1. The lowest BCUT2D eigenvalue weighted by atomic mass is 10.1. The number of aromatic nitrogens is 4. The van der Waals surface area contributed by atoms with Crippen molar-refractivity contribution >= 4 is 16.9 Å². The zero-order valence-electron chi connectivity index (χ0n) is 14.2. The lowest BCUT2D eigenvalue weighted by molar-refractivity contribution is -0.122. The highest BCUT2D eigenvalue weighted by Gasteiger charge is 2.20. The molecule has 0 bridgehead atoms. The average Bonchev–Trinajstić information content (AvgIpc) is 3.17. The molecule has 0 saturated carbocycles. The quantitative estimate of drug-likeness (QED) is 0.772. The van der Waals surface area contributed by atoms with Gasteiger partial charge in [0.2, 0.25) is 5.91 Å². The Morgan fingerprint density at radius 1 is 1.32 bits per heavy atom. The first-order valence-corrected chi connectivity index (χ1v) is 8.57. The zero-order chi connectivity index (χ0) is 17.4. The molecule has 4 rings (SSSR count). The van der Waals surface area contributed by atoms with Crippen LogP contribution in [0.2, 0.25) is 0 Å². The minimum Gasteiger partial charge on any atom is -0.352 e. The van der Waals surface area contributed by atoms with Gasteiger partial charge in [0.25, 0.3) is 0 Å². The van der Waals surface area contributed by atoms with E-state index >= 15 is 0 Å². The van der Waals surface area contributed by atoms with E-state index in [-0.39, 0.29) is 17.6 Å². The molecule has 3 heterocycles. The van der Waals surface area contributed by atoms with E-state index in [4.69, 9.17) is 0 Å². The van der Waals surface area contributed by atoms with Crippen LogP contribution in [0.1, 0.15) is 18.7 Å². The standard InChI is InChI=1S/C18H21N5O2/c1-21-14-4-2-3-5-15(14)23(18(21)25)10-8-17(24)20-13-6-7-16-19-9-11-22(16)12-13/h2-5,9,11,13H,6-8,10,12H2,1H3,(H,20,24). The van der Waals surface area contributed by atoms with Crippen molar-refractivity contribution in [3.63, 3.8) is 0 Å². The highest BCUT2D eigenvalue weighted by Crippen LogP contribution is 2.14. The molecule has 1 unspecified atom stereocenters. The first-order valence-electron chi connectivity index (χ1n) is 8.57. The largest absolute Gasteiger partial charge is 0.352 e. The molecule has 2 aromatic heterocycles. The second-order valence-corrected chi connectivity index (χ2v) is 6.53. The van der Waals surface area contributed by atoms with Crippen molar-refractivity contribution in [3.05, 3.63) is 53.0 Å². The predicted molar refractivity (Wildman–Crippen MR) is 94.3 cm³/mol. The number of aryl methyl sites for hydroxylation is 3. The topological polar surface area (TPSA) is 73.8 Å². The van der Waals surface area contributed by atoms with Crippen LogP contribution in [0.5, 0.6) is 0 Å². The van der Waals surface area contributed by atoms with Crippen LogP contribution in [-0.2, 0) is 31.4 Å². The number of imidazole rings is 2. The molecule has 1 N–H and O–H groups in total. The van der Waals surface area contributed by atoms with Crippen molar-refractivity contribution in [2.24, 2.45) is 7.05 Å². The van der Waals surface area contributed by atoms with Gasteiger partial charge in [-0.25, -0.2) is 9.78 Å². The molecule has 1 atom stereocenters. The number of fused-ring (bicyclic) bond motifs is 2. The normalized spacial score (nSPS) is 16.8. The summed E-state index contributed by atoms with van der Waals surface area (Å²) in [6.07, 6.45) is 5.81. The summed E-state index contributed by atoms with van der Waals surface area (Å²) in [4.78, 5) is 29.0. The summed E-state index contributed by atoms with van der Waals surface area (Å²) < 4.78 is 5.38. The summed E-state index contributed by atoms with van der Waals surface area (Å²) >= 11 is 0. The van der Waals surface area contributed by atoms with Crippen LogP contribution in [-0.4, -0.2) is 30.6 Å². The summed E-state index contributed by atoms with van der Waals surface area (Å²) in [5, 5.41) is 3.08. The van der Waals surface area contributed by atoms with Gasteiger partial charge in [-0.1, -0.05) is 12.1 Å². The molecular formula is C18H21N5O2.